The first-order chi connectivity index (χ1) is 11.8. The quantitative estimate of drug-likeness (QED) is 0.738. The number of alkyl halides is 3. The molecule has 0 amide bonds. The molecule has 0 spiro atoms. The highest BCUT2D eigenvalue weighted by molar-refractivity contribution is 5.95. The van der Waals surface area contributed by atoms with Gasteiger partial charge in [0.1, 0.15) is 5.56 Å². The lowest BCUT2D eigenvalue weighted by Crippen LogP contribution is -2.08. The van der Waals surface area contributed by atoms with Gasteiger partial charge >= 0.3 is 12.1 Å². The first-order valence-corrected chi connectivity index (χ1v) is 7.43. The molecule has 0 N–H and O–H groups in total. The predicted octanol–water partition coefficient (Wildman–Crippen LogP) is 4.57. The molecule has 0 unspecified atom stereocenters. The van der Waals surface area contributed by atoms with E-state index >= 15 is 0 Å². The molecule has 2 rings (SSSR count). The highest BCUT2D eigenvalue weighted by Crippen LogP contribution is 2.41. The largest absolute Gasteiger partial charge is 0.492 e. The summed E-state index contributed by atoms with van der Waals surface area (Å²) in [5.74, 6) is -0.164. The Bertz CT molecular complexity index is 752. The van der Waals surface area contributed by atoms with Gasteiger partial charge in [-0.15, -0.1) is 0 Å². The fourth-order valence-electron chi connectivity index (χ4n) is 2.40. The number of methoxy groups -OCH3 is 2. The van der Waals surface area contributed by atoms with Gasteiger partial charge in [-0.3, -0.25) is 0 Å². The second-order valence-electron chi connectivity index (χ2n) is 5.02. The van der Waals surface area contributed by atoms with E-state index in [2.05, 4.69) is 0 Å². The van der Waals surface area contributed by atoms with Gasteiger partial charge in [0.2, 0.25) is 0 Å². The Kier molecular flexibility index (Phi) is 5.56. The van der Waals surface area contributed by atoms with E-state index in [0.29, 0.717) is 11.1 Å². The van der Waals surface area contributed by atoms with Gasteiger partial charge in [0.15, 0.2) is 11.5 Å². The average molecular weight is 354 g/mol. The average Bonchev–Trinajstić information content (AvgIpc) is 2.59. The molecular formula is C18H17F3O4. The minimum absolute atomic E-state index is 0.165. The third-order valence-electron chi connectivity index (χ3n) is 3.54. The first kappa shape index (κ1) is 18.6. The molecule has 0 atom stereocenters. The molecule has 134 valence electrons. The van der Waals surface area contributed by atoms with Crippen molar-refractivity contribution >= 4 is 5.97 Å². The van der Waals surface area contributed by atoms with Gasteiger partial charge < -0.3 is 14.2 Å². The van der Waals surface area contributed by atoms with Gasteiger partial charge in [0.05, 0.1) is 26.4 Å². The molecule has 0 saturated heterocycles. The van der Waals surface area contributed by atoms with Crippen LogP contribution < -0.4 is 9.47 Å². The second-order valence-corrected chi connectivity index (χ2v) is 5.02. The predicted molar refractivity (Wildman–Crippen MR) is 85.9 cm³/mol. The molecule has 4 nitrogen and oxygen atoms in total. The number of halogens is 3. The van der Waals surface area contributed by atoms with E-state index in [9.17, 15) is 18.0 Å². The summed E-state index contributed by atoms with van der Waals surface area (Å²) in [4.78, 5) is 12.0. The minimum Gasteiger partial charge on any atom is -0.492 e. The standard InChI is InChI=1S/C18H17F3O4/c1-4-25-17(22)14-10-9-13(15(23-2)16(14)24-3)11-5-7-12(8-6-11)18(19,20)21/h5-10H,4H2,1-3H3. The first-order valence-electron chi connectivity index (χ1n) is 7.43. The topological polar surface area (TPSA) is 44.8 Å². The summed E-state index contributed by atoms with van der Waals surface area (Å²) in [6.07, 6.45) is -4.41. The number of hydrogen-bond donors (Lipinski definition) is 0. The van der Waals surface area contributed by atoms with Crippen molar-refractivity contribution in [1.82, 2.24) is 0 Å². The maximum atomic E-state index is 12.7. The van der Waals surface area contributed by atoms with Crippen molar-refractivity contribution in [3.8, 4) is 22.6 Å². The Balaban J connectivity index is 2.53. The Morgan fingerprint density at radius 3 is 2.04 bits per heavy atom. The number of hydrogen-bond acceptors (Lipinski definition) is 4. The third-order valence-corrected chi connectivity index (χ3v) is 3.54. The lowest BCUT2D eigenvalue weighted by molar-refractivity contribution is -0.137. The van der Waals surface area contributed by atoms with Gasteiger partial charge in [0.25, 0.3) is 0 Å². The van der Waals surface area contributed by atoms with E-state index < -0.39 is 17.7 Å². The van der Waals surface area contributed by atoms with Gasteiger partial charge in [0, 0.05) is 5.56 Å². The van der Waals surface area contributed by atoms with Crippen molar-refractivity contribution in [2.24, 2.45) is 0 Å². The Morgan fingerprint density at radius 1 is 0.960 bits per heavy atom. The van der Waals surface area contributed by atoms with Crippen LogP contribution in [0.5, 0.6) is 11.5 Å². The summed E-state index contributed by atoms with van der Waals surface area (Å²) in [6, 6.07) is 7.72. The summed E-state index contributed by atoms with van der Waals surface area (Å²) in [5, 5.41) is 0. The van der Waals surface area contributed by atoms with Crippen molar-refractivity contribution in [2.45, 2.75) is 13.1 Å². The van der Waals surface area contributed by atoms with E-state index in [1.54, 1.807) is 13.0 Å². The van der Waals surface area contributed by atoms with Crippen molar-refractivity contribution in [1.29, 1.82) is 0 Å². The van der Waals surface area contributed by atoms with Gasteiger partial charge in [-0.2, -0.15) is 13.2 Å². The number of ether oxygens (including phenoxy) is 3. The molecule has 0 fully saturated rings. The van der Waals surface area contributed by atoms with Crippen molar-refractivity contribution < 1.29 is 32.2 Å². The summed E-state index contributed by atoms with van der Waals surface area (Å²) in [6.45, 7) is 1.88. The van der Waals surface area contributed by atoms with Crippen LogP contribution >= 0.6 is 0 Å². The lowest BCUT2D eigenvalue weighted by atomic mass is 10.00. The Labute approximate surface area is 143 Å². The Hall–Kier alpha value is -2.70. The molecule has 0 aliphatic carbocycles. The van der Waals surface area contributed by atoms with Gasteiger partial charge in [-0.1, -0.05) is 12.1 Å². The molecule has 0 radical (unpaired) electrons. The lowest BCUT2D eigenvalue weighted by Gasteiger charge is -2.16. The molecule has 7 heteroatoms. The van der Waals surface area contributed by atoms with Crippen LogP contribution in [0.1, 0.15) is 22.8 Å². The van der Waals surface area contributed by atoms with E-state index in [4.69, 9.17) is 14.2 Å². The molecular weight excluding hydrogens is 337 g/mol. The van der Waals surface area contributed by atoms with Gasteiger partial charge in [-0.25, -0.2) is 4.79 Å². The second kappa shape index (κ2) is 7.46. The zero-order valence-electron chi connectivity index (χ0n) is 13.9. The maximum absolute atomic E-state index is 12.7. The van der Waals surface area contributed by atoms with E-state index in [1.807, 2.05) is 0 Å². The summed E-state index contributed by atoms with van der Waals surface area (Å²) >= 11 is 0. The Morgan fingerprint density at radius 2 is 1.56 bits per heavy atom. The summed E-state index contributed by atoms with van der Waals surface area (Å²) in [7, 11) is 2.76. The van der Waals surface area contributed by atoms with E-state index in [1.165, 1.54) is 32.4 Å². The SMILES string of the molecule is CCOC(=O)c1ccc(-c2ccc(C(F)(F)F)cc2)c(OC)c1OC. The van der Waals surface area contributed by atoms with Gasteiger partial charge in [-0.05, 0) is 36.8 Å². The highest BCUT2D eigenvalue weighted by Gasteiger charge is 2.30. The molecule has 2 aromatic rings. The maximum Gasteiger partial charge on any atom is 0.416 e. The van der Waals surface area contributed by atoms with Crippen LogP contribution in [0.15, 0.2) is 36.4 Å². The van der Waals surface area contributed by atoms with Crippen LogP contribution in [0.2, 0.25) is 0 Å². The van der Waals surface area contributed by atoms with Crippen molar-refractivity contribution in [3.05, 3.63) is 47.5 Å². The van der Waals surface area contributed by atoms with Crippen LogP contribution in [0.25, 0.3) is 11.1 Å². The number of esters is 1. The number of carbonyl (C=O) groups excluding carboxylic acids is 1. The smallest absolute Gasteiger partial charge is 0.416 e. The van der Waals surface area contributed by atoms with Crippen LogP contribution in [-0.4, -0.2) is 26.8 Å². The highest BCUT2D eigenvalue weighted by atomic mass is 19.4. The van der Waals surface area contributed by atoms with E-state index in [0.717, 1.165) is 12.1 Å². The minimum atomic E-state index is -4.41. The molecule has 0 heterocycles. The van der Waals surface area contributed by atoms with Crippen LogP contribution in [-0.2, 0) is 10.9 Å². The fourth-order valence-corrected chi connectivity index (χ4v) is 2.40. The van der Waals surface area contributed by atoms with E-state index in [-0.39, 0.29) is 23.7 Å². The number of benzene rings is 2. The van der Waals surface area contributed by atoms with Crippen LogP contribution in [0.4, 0.5) is 13.2 Å². The fraction of sp³-hybridized carbons (Fsp3) is 0.278. The molecule has 25 heavy (non-hydrogen) atoms. The normalized spacial score (nSPS) is 11.1. The van der Waals surface area contributed by atoms with Crippen LogP contribution in [0.3, 0.4) is 0 Å². The molecule has 0 aliphatic rings. The molecule has 0 saturated carbocycles. The van der Waals surface area contributed by atoms with Crippen molar-refractivity contribution in [3.63, 3.8) is 0 Å². The molecule has 0 bridgehead atoms. The molecule has 0 aromatic heterocycles. The van der Waals surface area contributed by atoms with Crippen LogP contribution in [0, 0.1) is 0 Å². The summed E-state index contributed by atoms with van der Waals surface area (Å²) < 4.78 is 53.7. The zero-order valence-corrected chi connectivity index (χ0v) is 13.9. The number of carbonyl (C=O) groups is 1. The monoisotopic (exact) mass is 354 g/mol. The number of rotatable bonds is 5. The zero-order chi connectivity index (χ0) is 18.6. The third kappa shape index (κ3) is 3.87. The summed E-state index contributed by atoms with van der Waals surface area (Å²) in [5.41, 5.74) is 0.432. The van der Waals surface area contributed by atoms with Crippen molar-refractivity contribution in [2.75, 3.05) is 20.8 Å². The molecule has 2 aromatic carbocycles. The molecule has 0 aliphatic heterocycles.